The van der Waals surface area contributed by atoms with Crippen molar-refractivity contribution in [3.8, 4) is 0 Å². The standard InChI is InChI=1S/C15H22N2O2/c1-3-7-15(12-19-2)8-5-10-17(15)14(18)13-6-4-9-16-11-13/h4,6,9,11H,3,5,7-8,10,12H2,1-2H3/t15-/m1/s1. The molecule has 1 fully saturated rings. The lowest BCUT2D eigenvalue weighted by atomic mass is 9.91. The van der Waals surface area contributed by atoms with E-state index in [0.717, 1.165) is 32.2 Å². The van der Waals surface area contributed by atoms with Crippen LogP contribution in [-0.2, 0) is 4.74 Å². The molecule has 0 bridgehead atoms. The van der Waals surface area contributed by atoms with Gasteiger partial charge in [-0.05, 0) is 31.4 Å². The van der Waals surface area contributed by atoms with E-state index in [1.165, 1.54) is 0 Å². The Kier molecular flexibility index (Phi) is 4.53. The first kappa shape index (κ1) is 14.0. The van der Waals surface area contributed by atoms with E-state index in [0.29, 0.717) is 12.2 Å². The first-order valence-electron chi connectivity index (χ1n) is 6.94. The van der Waals surface area contributed by atoms with Crippen LogP contribution in [0.2, 0.25) is 0 Å². The first-order chi connectivity index (χ1) is 9.23. The average molecular weight is 262 g/mol. The number of carbonyl (C=O) groups is 1. The predicted molar refractivity (Wildman–Crippen MR) is 74.0 cm³/mol. The predicted octanol–water partition coefficient (Wildman–Crippen LogP) is 2.50. The molecule has 4 heteroatoms. The molecule has 0 unspecified atom stereocenters. The third kappa shape index (κ3) is 2.78. The van der Waals surface area contributed by atoms with Gasteiger partial charge in [-0.25, -0.2) is 0 Å². The summed E-state index contributed by atoms with van der Waals surface area (Å²) in [6.07, 6.45) is 7.46. The van der Waals surface area contributed by atoms with Crippen molar-refractivity contribution in [3.63, 3.8) is 0 Å². The molecule has 1 aliphatic rings. The van der Waals surface area contributed by atoms with Gasteiger partial charge in [0.1, 0.15) is 0 Å². The van der Waals surface area contributed by atoms with Crippen molar-refractivity contribution in [3.05, 3.63) is 30.1 Å². The van der Waals surface area contributed by atoms with E-state index in [9.17, 15) is 4.79 Å². The van der Waals surface area contributed by atoms with Crippen molar-refractivity contribution < 1.29 is 9.53 Å². The smallest absolute Gasteiger partial charge is 0.255 e. The highest BCUT2D eigenvalue weighted by atomic mass is 16.5. The fraction of sp³-hybridized carbons (Fsp3) is 0.600. The van der Waals surface area contributed by atoms with Gasteiger partial charge in [0.25, 0.3) is 5.91 Å². The summed E-state index contributed by atoms with van der Waals surface area (Å²) in [6, 6.07) is 3.64. The van der Waals surface area contributed by atoms with Crippen molar-refractivity contribution in [2.45, 2.75) is 38.1 Å². The van der Waals surface area contributed by atoms with Crippen molar-refractivity contribution in [1.29, 1.82) is 0 Å². The van der Waals surface area contributed by atoms with E-state index in [1.54, 1.807) is 25.6 Å². The maximum absolute atomic E-state index is 12.6. The summed E-state index contributed by atoms with van der Waals surface area (Å²) in [5.41, 5.74) is 0.539. The monoisotopic (exact) mass is 262 g/mol. The van der Waals surface area contributed by atoms with Gasteiger partial charge in [0.15, 0.2) is 0 Å². The number of likely N-dealkylation sites (tertiary alicyclic amines) is 1. The maximum atomic E-state index is 12.6. The third-order valence-corrected chi connectivity index (χ3v) is 3.88. The maximum Gasteiger partial charge on any atom is 0.255 e. The molecule has 1 saturated heterocycles. The fourth-order valence-corrected chi connectivity index (χ4v) is 3.12. The minimum atomic E-state index is -0.129. The summed E-state index contributed by atoms with van der Waals surface area (Å²) in [6.45, 7) is 3.59. The van der Waals surface area contributed by atoms with Gasteiger partial charge in [-0.1, -0.05) is 13.3 Å². The van der Waals surface area contributed by atoms with E-state index >= 15 is 0 Å². The Hall–Kier alpha value is -1.42. The number of rotatable bonds is 5. The van der Waals surface area contributed by atoms with Crippen LogP contribution in [0, 0.1) is 0 Å². The lowest BCUT2D eigenvalue weighted by molar-refractivity contribution is 0.0254. The average Bonchev–Trinajstić information content (AvgIpc) is 2.83. The summed E-state index contributed by atoms with van der Waals surface area (Å²) in [7, 11) is 1.71. The van der Waals surface area contributed by atoms with Gasteiger partial charge in [-0.3, -0.25) is 9.78 Å². The molecule has 19 heavy (non-hydrogen) atoms. The lowest BCUT2D eigenvalue weighted by Crippen LogP contribution is -2.50. The minimum absolute atomic E-state index is 0.0797. The van der Waals surface area contributed by atoms with Gasteiger partial charge >= 0.3 is 0 Å². The molecule has 1 atom stereocenters. The number of methoxy groups -OCH3 is 1. The zero-order valence-corrected chi connectivity index (χ0v) is 11.8. The van der Waals surface area contributed by atoms with Gasteiger partial charge in [-0.2, -0.15) is 0 Å². The number of hydrogen-bond acceptors (Lipinski definition) is 3. The topological polar surface area (TPSA) is 42.4 Å². The Labute approximate surface area is 114 Å². The van der Waals surface area contributed by atoms with Gasteiger partial charge < -0.3 is 9.64 Å². The summed E-state index contributed by atoms with van der Waals surface area (Å²) in [4.78, 5) is 18.7. The lowest BCUT2D eigenvalue weighted by Gasteiger charge is -2.38. The molecule has 0 spiro atoms. The molecule has 2 rings (SSSR count). The van der Waals surface area contributed by atoms with Crippen molar-refractivity contribution in [2.24, 2.45) is 0 Å². The molecule has 0 aromatic carbocycles. The molecule has 0 aliphatic carbocycles. The highest BCUT2D eigenvalue weighted by Gasteiger charge is 2.43. The Morgan fingerprint density at radius 3 is 3.05 bits per heavy atom. The van der Waals surface area contributed by atoms with Crippen LogP contribution in [0.15, 0.2) is 24.5 Å². The second-order valence-electron chi connectivity index (χ2n) is 5.21. The largest absolute Gasteiger partial charge is 0.382 e. The molecule has 0 N–H and O–H groups in total. The summed E-state index contributed by atoms with van der Waals surface area (Å²) >= 11 is 0. The third-order valence-electron chi connectivity index (χ3n) is 3.88. The van der Waals surface area contributed by atoms with E-state index in [1.807, 2.05) is 11.0 Å². The number of ether oxygens (including phenoxy) is 1. The van der Waals surface area contributed by atoms with Crippen LogP contribution in [0.5, 0.6) is 0 Å². The molecule has 0 saturated carbocycles. The zero-order valence-electron chi connectivity index (χ0n) is 11.8. The normalized spacial score (nSPS) is 22.7. The van der Waals surface area contributed by atoms with E-state index in [2.05, 4.69) is 11.9 Å². The Balaban J connectivity index is 2.24. The molecule has 1 aliphatic heterocycles. The van der Waals surface area contributed by atoms with Crippen LogP contribution in [-0.4, -0.2) is 41.6 Å². The molecule has 0 radical (unpaired) electrons. The van der Waals surface area contributed by atoms with Gasteiger partial charge in [0.05, 0.1) is 17.7 Å². The molecule has 4 nitrogen and oxygen atoms in total. The van der Waals surface area contributed by atoms with Gasteiger partial charge in [0, 0.05) is 26.0 Å². The molecule has 2 heterocycles. The van der Waals surface area contributed by atoms with E-state index in [4.69, 9.17) is 4.74 Å². The summed E-state index contributed by atoms with van der Waals surface area (Å²) in [5.74, 6) is 0.0797. The Morgan fingerprint density at radius 2 is 2.42 bits per heavy atom. The first-order valence-corrected chi connectivity index (χ1v) is 6.94. The van der Waals surface area contributed by atoms with Crippen LogP contribution >= 0.6 is 0 Å². The van der Waals surface area contributed by atoms with E-state index in [-0.39, 0.29) is 11.4 Å². The Bertz CT molecular complexity index is 413. The van der Waals surface area contributed by atoms with Crippen LogP contribution in [0.25, 0.3) is 0 Å². The van der Waals surface area contributed by atoms with Gasteiger partial charge in [-0.15, -0.1) is 0 Å². The molecular weight excluding hydrogens is 240 g/mol. The number of carbonyl (C=O) groups excluding carboxylic acids is 1. The molecule has 1 amide bonds. The number of amides is 1. The number of pyridine rings is 1. The number of aromatic nitrogens is 1. The summed E-state index contributed by atoms with van der Waals surface area (Å²) in [5, 5.41) is 0. The number of nitrogens with zero attached hydrogens (tertiary/aromatic N) is 2. The molecule has 104 valence electrons. The van der Waals surface area contributed by atoms with Crippen molar-refractivity contribution >= 4 is 5.91 Å². The van der Waals surface area contributed by atoms with Crippen LogP contribution < -0.4 is 0 Å². The van der Waals surface area contributed by atoms with E-state index < -0.39 is 0 Å². The van der Waals surface area contributed by atoms with Crippen LogP contribution in [0.3, 0.4) is 0 Å². The highest BCUT2D eigenvalue weighted by Crippen LogP contribution is 2.35. The minimum Gasteiger partial charge on any atom is -0.382 e. The summed E-state index contributed by atoms with van der Waals surface area (Å²) < 4.78 is 5.39. The van der Waals surface area contributed by atoms with Crippen LogP contribution in [0.1, 0.15) is 43.0 Å². The Morgan fingerprint density at radius 1 is 1.58 bits per heavy atom. The molecular formula is C15H22N2O2. The SMILES string of the molecule is CCC[C@]1(COC)CCCN1C(=O)c1cccnc1. The van der Waals surface area contributed by atoms with Crippen LogP contribution in [0.4, 0.5) is 0 Å². The molecule has 1 aromatic rings. The van der Waals surface area contributed by atoms with Crippen molar-refractivity contribution in [2.75, 3.05) is 20.3 Å². The van der Waals surface area contributed by atoms with Crippen molar-refractivity contribution in [1.82, 2.24) is 9.88 Å². The van der Waals surface area contributed by atoms with Gasteiger partial charge in [0.2, 0.25) is 0 Å². The zero-order chi connectivity index (χ0) is 13.7. The highest BCUT2D eigenvalue weighted by molar-refractivity contribution is 5.94. The quantitative estimate of drug-likeness (QED) is 0.818. The number of hydrogen-bond donors (Lipinski definition) is 0. The second-order valence-corrected chi connectivity index (χ2v) is 5.21. The molecule has 1 aromatic heterocycles. The second kappa shape index (κ2) is 6.15. The fourth-order valence-electron chi connectivity index (χ4n) is 3.12.